The normalized spacial score (nSPS) is 10.5. The largest absolute Gasteiger partial charge is 0.495 e. The molecule has 0 radical (unpaired) electrons. The van der Waals surface area contributed by atoms with Gasteiger partial charge in [0, 0.05) is 5.02 Å². The molecule has 21 heavy (non-hydrogen) atoms. The van der Waals surface area contributed by atoms with Gasteiger partial charge in [-0.05, 0) is 36.4 Å². The summed E-state index contributed by atoms with van der Waals surface area (Å²) in [6.07, 6.45) is 0. The minimum atomic E-state index is 0.306. The lowest BCUT2D eigenvalue weighted by Gasteiger charge is -2.12. The number of fused-ring (bicyclic) bond motifs is 1. The summed E-state index contributed by atoms with van der Waals surface area (Å²) in [5.74, 6) is 0.924. The number of rotatable bonds is 2. The van der Waals surface area contributed by atoms with E-state index in [1.807, 2.05) is 0 Å². The number of benzene rings is 2. The Bertz CT molecular complexity index is 879. The number of imidazole rings is 1. The summed E-state index contributed by atoms with van der Waals surface area (Å²) in [6, 6.07) is 12.6. The molecule has 6 heteroatoms. The number of halogens is 1. The highest BCUT2D eigenvalue weighted by Gasteiger charge is 2.15. The number of nitrogens with zero attached hydrogens (tertiary/aromatic N) is 3. The number of hydrogen-bond acceptors (Lipinski definition) is 4. The number of nitrogen functional groups attached to an aromatic ring is 1. The standard InChI is InChI=1S/C15H11ClN4O/c1-21-14-5-3-10(16)7-13(14)20-12-6-9(8-17)2-4-11(12)19-15(20)18/h2-7H,1H3,(H2,18,19). The number of hydrogen-bond donors (Lipinski definition) is 1. The van der Waals surface area contributed by atoms with E-state index in [0.29, 0.717) is 33.5 Å². The molecule has 0 aliphatic heterocycles. The van der Waals surface area contributed by atoms with Crippen LogP contribution >= 0.6 is 11.6 Å². The Balaban J connectivity index is 2.37. The highest BCUT2D eigenvalue weighted by atomic mass is 35.5. The van der Waals surface area contributed by atoms with Crippen molar-refractivity contribution in [3.8, 4) is 17.5 Å². The van der Waals surface area contributed by atoms with Gasteiger partial charge in [0.1, 0.15) is 5.75 Å². The van der Waals surface area contributed by atoms with E-state index in [4.69, 9.17) is 27.3 Å². The lowest BCUT2D eigenvalue weighted by molar-refractivity contribution is 0.413. The van der Waals surface area contributed by atoms with Gasteiger partial charge in [-0.2, -0.15) is 5.26 Å². The maximum absolute atomic E-state index is 9.05. The second kappa shape index (κ2) is 5.00. The molecule has 0 saturated carbocycles. The second-order valence-corrected chi connectivity index (χ2v) is 4.87. The van der Waals surface area contributed by atoms with Crippen LogP contribution in [0, 0.1) is 11.3 Å². The molecular weight excluding hydrogens is 288 g/mol. The number of anilines is 1. The van der Waals surface area contributed by atoms with Crippen molar-refractivity contribution in [2.75, 3.05) is 12.8 Å². The molecule has 0 saturated heterocycles. The first-order valence-corrected chi connectivity index (χ1v) is 6.54. The molecule has 0 amide bonds. The highest BCUT2D eigenvalue weighted by molar-refractivity contribution is 6.30. The smallest absolute Gasteiger partial charge is 0.206 e. The van der Waals surface area contributed by atoms with E-state index >= 15 is 0 Å². The topological polar surface area (TPSA) is 76.9 Å². The SMILES string of the molecule is COc1ccc(Cl)cc1-n1c(N)nc2ccc(C#N)cc21. The van der Waals surface area contributed by atoms with Gasteiger partial charge < -0.3 is 10.5 Å². The van der Waals surface area contributed by atoms with Crippen LogP contribution in [0.2, 0.25) is 5.02 Å². The van der Waals surface area contributed by atoms with Crippen LogP contribution in [-0.2, 0) is 0 Å². The summed E-state index contributed by atoms with van der Waals surface area (Å²) in [4.78, 5) is 4.30. The van der Waals surface area contributed by atoms with E-state index in [9.17, 15) is 0 Å². The number of aromatic nitrogens is 2. The van der Waals surface area contributed by atoms with Crippen LogP contribution in [0.3, 0.4) is 0 Å². The molecule has 0 spiro atoms. The van der Waals surface area contributed by atoms with Crippen LogP contribution in [0.5, 0.6) is 5.75 Å². The first-order valence-electron chi connectivity index (χ1n) is 6.16. The third-order valence-corrected chi connectivity index (χ3v) is 3.43. The molecule has 1 aromatic heterocycles. The van der Waals surface area contributed by atoms with Crippen LogP contribution < -0.4 is 10.5 Å². The number of methoxy groups -OCH3 is 1. The predicted octanol–water partition coefficient (Wildman–Crippen LogP) is 3.14. The second-order valence-electron chi connectivity index (χ2n) is 4.44. The molecule has 2 N–H and O–H groups in total. The molecule has 0 unspecified atom stereocenters. The Labute approximate surface area is 126 Å². The van der Waals surface area contributed by atoms with Gasteiger partial charge in [0.25, 0.3) is 0 Å². The average Bonchev–Trinajstić information content (AvgIpc) is 2.81. The van der Waals surface area contributed by atoms with E-state index in [2.05, 4.69) is 11.1 Å². The maximum Gasteiger partial charge on any atom is 0.206 e. The van der Waals surface area contributed by atoms with Crippen LogP contribution in [0.4, 0.5) is 5.95 Å². The third kappa shape index (κ3) is 2.16. The first-order chi connectivity index (χ1) is 10.1. The van der Waals surface area contributed by atoms with Crippen molar-refractivity contribution in [3.63, 3.8) is 0 Å². The summed E-state index contributed by atoms with van der Waals surface area (Å²) < 4.78 is 7.08. The Morgan fingerprint density at radius 1 is 1.29 bits per heavy atom. The van der Waals surface area contributed by atoms with Crippen LogP contribution in [0.15, 0.2) is 36.4 Å². The van der Waals surface area contributed by atoms with E-state index in [1.54, 1.807) is 48.1 Å². The minimum absolute atomic E-state index is 0.306. The van der Waals surface area contributed by atoms with Crippen LogP contribution in [0.1, 0.15) is 5.56 Å². The first kappa shape index (κ1) is 13.3. The minimum Gasteiger partial charge on any atom is -0.495 e. The number of nitriles is 1. The molecular formula is C15H11ClN4O. The van der Waals surface area contributed by atoms with Crippen LogP contribution in [0.25, 0.3) is 16.7 Å². The molecule has 2 aromatic carbocycles. The predicted molar refractivity (Wildman–Crippen MR) is 81.8 cm³/mol. The quantitative estimate of drug-likeness (QED) is 0.788. The Hall–Kier alpha value is -2.71. The van der Waals surface area contributed by atoms with E-state index < -0.39 is 0 Å². The zero-order chi connectivity index (χ0) is 15.0. The molecule has 0 aliphatic carbocycles. The van der Waals surface area contributed by atoms with E-state index in [-0.39, 0.29) is 0 Å². The number of nitrogens with two attached hydrogens (primary N) is 1. The van der Waals surface area contributed by atoms with Crippen molar-refractivity contribution >= 4 is 28.6 Å². The van der Waals surface area contributed by atoms with Gasteiger partial charge in [-0.15, -0.1) is 0 Å². The molecule has 0 bridgehead atoms. The van der Waals surface area contributed by atoms with Gasteiger partial charge in [-0.3, -0.25) is 4.57 Å². The zero-order valence-corrected chi connectivity index (χ0v) is 11.9. The lowest BCUT2D eigenvalue weighted by atomic mass is 10.2. The van der Waals surface area contributed by atoms with Crippen molar-refractivity contribution in [3.05, 3.63) is 47.0 Å². The van der Waals surface area contributed by atoms with E-state index in [1.165, 1.54) is 0 Å². The van der Waals surface area contributed by atoms with E-state index in [0.717, 1.165) is 5.52 Å². The number of ether oxygens (including phenoxy) is 1. The molecule has 5 nitrogen and oxygen atoms in total. The van der Waals surface area contributed by atoms with Gasteiger partial charge in [-0.1, -0.05) is 11.6 Å². The fourth-order valence-electron chi connectivity index (χ4n) is 2.25. The Morgan fingerprint density at radius 3 is 2.81 bits per heavy atom. The molecule has 0 atom stereocenters. The van der Waals surface area contributed by atoms with Crippen molar-refractivity contribution < 1.29 is 4.74 Å². The maximum atomic E-state index is 9.05. The summed E-state index contributed by atoms with van der Waals surface area (Å²) in [5, 5.41) is 9.61. The summed E-state index contributed by atoms with van der Waals surface area (Å²) in [5.41, 5.74) is 8.66. The molecule has 104 valence electrons. The van der Waals surface area contributed by atoms with Gasteiger partial charge in [0.2, 0.25) is 5.95 Å². The lowest BCUT2D eigenvalue weighted by Crippen LogP contribution is -2.03. The summed E-state index contributed by atoms with van der Waals surface area (Å²) in [7, 11) is 1.57. The van der Waals surface area contributed by atoms with Crippen LogP contribution in [-0.4, -0.2) is 16.7 Å². The molecule has 1 heterocycles. The average molecular weight is 299 g/mol. The fourth-order valence-corrected chi connectivity index (χ4v) is 2.42. The van der Waals surface area contributed by atoms with Gasteiger partial charge in [0.05, 0.1) is 35.5 Å². The van der Waals surface area contributed by atoms with Crippen molar-refractivity contribution in [2.24, 2.45) is 0 Å². The molecule has 3 rings (SSSR count). The van der Waals surface area contributed by atoms with Crippen molar-refractivity contribution in [2.45, 2.75) is 0 Å². The summed E-state index contributed by atoms with van der Waals surface area (Å²) in [6.45, 7) is 0. The fraction of sp³-hybridized carbons (Fsp3) is 0.0667. The Kier molecular flexibility index (Phi) is 3.16. The molecule has 3 aromatic rings. The van der Waals surface area contributed by atoms with Crippen molar-refractivity contribution in [1.82, 2.24) is 9.55 Å². The molecule has 0 fully saturated rings. The van der Waals surface area contributed by atoms with Gasteiger partial charge in [0.15, 0.2) is 0 Å². The van der Waals surface area contributed by atoms with Crippen molar-refractivity contribution in [1.29, 1.82) is 5.26 Å². The Morgan fingerprint density at radius 2 is 2.10 bits per heavy atom. The van der Waals surface area contributed by atoms with Gasteiger partial charge >= 0.3 is 0 Å². The summed E-state index contributed by atoms with van der Waals surface area (Å²) >= 11 is 6.07. The third-order valence-electron chi connectivity index (χ3n) is 3.19. The highest BCUT2D eigenvalue weighted by Crippen LogP contribution is 2.32. The monoisotopic (exact) mass is 298 g/mol. The molecule has 0 aliphatic rings. The zero-order valence-electron chi connectivity index (χ0n) is 11.2. The van der Waals surface area contributed by atoms with Gasteiger partial charge in [-0.25, -0.2) is 4.98 Å².